The van der Waals surface area contributed by atoms with E-state index in [0.717, 1.165) is 5.56 Å². The smallest absolute Gasteiger partial charge is 0.330 e. The molecule has 1 rings (SSSR count). The SMILES string of the molecule is CC[C@@H](Oc1cc(Cl)cc(C(C)C)c1)C(=O)NC(C)(C)/C=C/C(=O)OC. The molecular weight excluding hydrogens is 354 g/mol. The van der Waals surface area contributed by atoms with Gasteiger partial charge in [-0.2, -0.15) is 0 Å². The van der Waals surface area contributed by atoms with E-state index in [2.05, 4.69) is 23.9 Å². The highest BCUT2D eigenvalue weighted by Gasteiger charge is 2.25. The van der Waals surface area contributed by atoms with Gasteiger partial charge in [0.25, 0.3) is 5.91 Å². The fraction of sp³-hybridized carbons (Fsp3) is 0.500. The number of nitrogens with one attached hydrogen (secondary N) is 1. The van der Waals surface area contributed by atoms with Gasteiger partial charge in [-0.1, -0.05) is 38.4 Å². The number of halogens is 1. The maximum Gasteiger partial charge on any atom is 0.330 e. The highest BCUT2D eigenvalue weighted by atomic mass is 35.5. The summed E-state index contributed by atoms with van der Waals surface area (Å²) in [5.41, 5.74) is 0.323. The van der Waals surface area contributed by atoms with Gasteiger partial charge in [0.2, 0.25) is 0 Å². The van der Waals surface area contributed by atoms with Crippen LogP contribution in [-0.4, -0.2) is 30.6 Å². The number of amides is 1. The highest BCUT2D eigenvalue weighted by Crippen LogP contribution is 2.27. The molecule has 0 heterocycles. The van der Waals surface area contributed by atoms with Gasteiger partial charge >= 0.3 is 5.97 Å². The molecule has 26 heavy (non-hydrogen) atoms. The quantitative estimate of drug-likeness (QED) is 0.540. The van der Waals surface area contributed by atoms with Crippen LogP contribution in [0.2, 0.25) is 5.02 Å². The van der Waals surface area contributed by atoms with E-state index in [-0.39, 0.29) is 5.91 Å². The van der Waals surface area contributed by atoms with Crippen molar-refractivity contribution in [3.05, 3.63) is 40.9 Å². The summed E-state index contributed by atoms with van der Waals surface area (Å²) in [6.07, 6.45) is 2.69. The summed E-state index contributed by atoms with van der Waals surface area (Å²) >= 11 is 6.16. The Kier molecular flexibility index (Phi) is 8.15. The number of hydrogen-bond acceptors (Lipinski definition) is 4. The molecular formula is C20H28ClNO4. The van der Waals surface area contributed by atoms with Crippen LogP contribution >= 0.6 is 11.6 Å². The molecule has 0 saturated heterocycles. The predicted molar refractivity (Wildman–Crippen MR) is 104 cm³/mol. The van der Waals surface area contributed by atoms with E-state index in [9.17, 15) is 9.59 Å². The van der Waals surface area contributed by atoms with E-state index >= 15 is 0 Å². The van der Waals surface area contributed by atoms with Gasteiger partial charge in [-0.15, -0.1) is 0 Å². The first kappa shape index (κ1) is 22.0. The van der Waals surface area contributed by atoms with Gasteiger partial charge in [0, 0.05) is 11.1 Å². The summed E-state index contributed by atoms with van der Waals surface area (Å²) in [6.45, 7) is 9.57. The molecule has 1 atom stereocenters. The largest absolute Gasteiger partial charge is 0.481 e. The Morgan fingerprint density at radius 2 is 1.92 bits per heavy atom. The lowest BCUT2D eigenvalue weighted by Gasteiger charge is -2.26. The normalized spacial score (nSPS) is 12.9. The first-order valence-electron chi connectivity index (χ1n) is 8.64. The van der Waals surface area contributed by atoms with E-state index in [0.29, 0.717) is 23.1 Å². The molecule has 1 aromatic rings. The van der Waals surface area contributed by atoms with Crippen molar-refractivity contribution in [3.8, 4) is 5.75 Å². The van der Waals surface area contributed by atoms with Crippen molar-refractivity contribution in [2.75, 3.05) is 7.11 Å². The Balaban J connectivity index is 2.87. The van der Waals surface area contributed by atoms with Crippen LogP contribution in [0.1, 0.15) is 52.5 Å². The van der Waals surface area contributed by atoms with Crippen molar-refractivity contribution >= 4 is 23.5 Å². The Bertz CT molecular complexity index is 668. The Morgan fingerprint density at radius 1 is 1.27 bits per heavy atom. The lowest BCUT2D eigenvalue weighted by Crippen LogP contribution is -2.48. The lowest BCUT2D eigenvalue weighted by atomic mass is 10.0. The molecule has 0 aliphatic carbocycles. The third-order valence-corrected chi connectivity index (χ3v) is 4.00. The molecule has 1 amide bonds. The molecule has 1 aromatic carbocycles. The zero-order chi connectivity index (χ0) is 19.9. The lowest BCUT2D eigenvalue weighted by molar-refractivity contribution is -0.135. The molecule has 1 N–H and O–H groups in total. The number of rotatable bonds is 8. The first-order valence-corrected chi connectivity index (χ1v) is 9.02. The number of carbonyl (C=O) groups excluding carboxylic acids is 2. The standard InChI is InChI=1S/C20H28ClNO4/c1-7-17(19(24)22-20(4,5)9-8-18(23)25-6)26-16-11-14(13(2)3)10-15(21)12-16/h8-13,17H,7H2,1-6H3,(H,22,24)/b9-8+/t17-/m1/s1. The molecule has 0 radical (unpaired) electrons. The minimum absolute atomic E-state index is 0.266. The van der Waals surface area contributed by atoms with Gasteiger partial charge in [-0.3, -0.25) is 4.79 Å². The number of carbonyl (C=O) groups is 2. The van der Waals surface area contributed by atoms with Gasteiger partial charge in [-0.05, 0) is 49.9 Å². The molecule has 0 aliphatic rings. The maximum absolute atomic E-state index is 12.6. The molecule has 0 spiro atoms. The van der Waals surface area contributed by atoms with Crippen LogP contribution in [0.4, 0.5) is 0 Å². The van der Waals surface area contributed by atoms with Gasteiger partial charge in [0.05, 0.1) is 12.6 Å². The van der Waals surface area contributed by atoms with E-state index in [1.54, 1.807) is 26.0 Å². The van der Waals surface area contributed by atoms with Crippen molar-refractivity contribution in [1.29, 1.82) is 0 Å². The third-order valence-electron chi connectivity index (χ3n) is 3.78. The van der Waals surface area contributed by atoms with Crippen LogP contribution in [0, 0.1) is 0 Å². The molecule has 0 saturated carbocycles. The van der Waals surface area contributed by atoms with Crippen molar-refractivity contribution in [2.24, 2.45) is 0 Å². The summed E-state index contributed by atoms with van der Waals surface area (Å²) in [4.78, 5) is 23.8. The minimum atomic E-state index is -0.723. The van der Waals surface area contributed by atoms with Crippen LogP contribution in [0.3, 0.4) is 0 Å². The number of ether oxygens (including phenoxy) is 2. The Labute approximate surface area is 160 Å². The van der Waals surface area contributed by atoms with E-state index in [1.807, 2.05) is 19.1 Å². The molecule has 0 fully saturated rings. The zero-order valence-corrected chi connectivity index (χ0v) is 17.0. The maximum atomic E-state index is 12.6. The predicted octanol–water partition coefficient (Wildman–Crippen LogP) is 4.24. The zero-order valence-electron chi connectivity index (χ0n) is 16.3. The Morgan fingerprint density at radius 3 is 2.46 bits per heavy atom. The molecule has 0 bridgehead atoms. The molecule has 0 unspecified atom stereocenters. The van der Waals surface area contributed by atoms with Crippen molar-refractivity contribution in [1.82, 2.24) is 5.32 Å². The van der Waals surface area contributed by atoms with Gasteiger partial charge in [-0.25, -0.2) is 4.79 Å². The molecule has 144 valence electrons. The number of methoxy groups -OCH3 is 1. The van der Waals surface area contributed by atoms with Crippen LogP contribution in [0.15, 0.2) is 30.4 Å². The van der Waals surface area contributed by atoms with Crippen LogP contribution in [0.25, 0.3) is 0 Å². The molecule has 5 nitrogen and oxygen atoms in total. The van der Waals surface area contributed by atoms with Gasteiger partial charge in [0.1, 0.15) is 5.75 Å². The summed E-state index contributed by atoms with van der Waals surface area (Å²) in [7, 11) is 1.30. The topological polar surface area (TPSA) is 64.6 Å². The Hall–Kier alpha value is -2.01. The second-order valence-corrected chi connectivity index (χ2v) is 7.39. The van der Waals surface area contributed by atoms with Crippen molar-refractivity contribution < 1.29 is 19.1 Å². The monoisotopic (exact) mass is 381 g/mol. The summed E-state index contributed by atoms with van der Waals surface area (Å²) in [5, 5.41) is 3.44. The van der Waals surface area contributed by atoms with Crippen LogP contribution < -0.4 is 10.1 Å². The van der Waals surface area contributed by atoms with E-state index in [1.165, 1.54) is 13.2 Å². The second kappa shape index (κ2) is 9.62. The summed E-state index contributed by atoms with van der Waals surface area (Å²) in [6, 6.07) is 5.49. The third kappa shape index (κ3) is 7.08. The number of hydrogen-bond donors (Lipinski definition) is 1. The van der Waals surface area contributed by atoms with Crippen molar-refractivity contribution in [2.45, 2.75) is 58.6 Å². The molecule has 0 aromatic heterocycles. The van der Waals surface area contributed by atoms with E-state index < -0.39 is 17.6 Å². The fourth-order valence-electron chi connectivity index (χ4n) is 2.26. The average molecular weight is 382 g/mol. The highest BCUT2D eigenvalue weighted by molar-refractivity contribution is 6.30. The van der Waals surface area contributed by atoms with Crippen LogP contribution in [0.5, 0.6) is 5.75 Å². The number of benzene rings is 1. The minimum Gasteiger partial charge on any atom is -0.481 e. The van der Waals surface area contributed by atoms with Gasteiger partial charge < -0.3 is 14.8 Å². The first-order chi connectivity index (χ1) is 12.1. The van der Waals surface area contributed by atoms with E-state index in [4.69, 9.17) is 16.3 Å². The van der Waals surface area contributed by atoms with Gasteiger partial charge in [0.15, 0.2) is 6.10 Å². The second-order valence-electron chi connectivity index (χ2n) is 6.96. The fourth-order valence-corrected chi connectivity index (χ4v) is 2.49. The number of esters is 1. The summed E-state index contributed by atoms with van der Waals surface area (Å²) < 4.78 is 10.4. The van der Waals surface area contributed by atoms with Crippen LogP contribution in [-0.2, 0) is 14.3 Å². The molecule has 0 aliphatic heterocycles. The van der Waals surface area contributed by atoms with Crippen molar-refractivity contribution in [3.63, 3.8) is 0 Å². The molecule has 6 heteroatoms. The average Bonchev–Trinajstić information content (AvgIpc) is 2.56. The summed E-state index contributed by atoms with van der Waals surface area (Å²) in [5.74, 6) is 0.118.